The molecule has 1 fully saturated rings. The first-order chi connectivity index (χ1) is 9.28. The minimum atomic E-state index is -4.39. The zero-order valence-electron chi connectivity index (χ0n) is 10.3. The van der Waals surface area contributed by atoms with Crippen molar-refractivity contribution in [3.8, 4) is 0 Å². The SMILES string of the molecule is O=C1[C@H](CC(F)(F)F)CCN1c1cccc([N+](=O)[O-])c1. The molecule has 0 unspecified atom stereocenters. The third-order valence-electron chi connectivity index (χ3n) is 3.15. The van der Waals surface area contributed by atoms with Crippen LogP contribution in [-0.4, -0.2) is 23.6 Å². The Hall–Kier alpha value is -2.12. The Morgan fingerprint density at radius 2 is 2.10 bits per heavy atom. The Labute approximate surface area is 112 Å². The van der Waals surface area contributed by atoms with Crippen LogP contribution >= 0.6 is 0 Å². The molecule has 1 atom stereocenters. The molecular formula is C12H11F3N2O3. The number of anilines is 1. The molecule has 1 aliphatic heterocycles. The number of nitro benzene ring substituents is 1. The van der Waals surface area contributed by atoms with E-state index in [9.17, 15) is 28.1 Å². The fraction of sp³-hybridized carbons (Fsp3) is 0.417. The lowest BCUT2D eigenvalue weighted by molar-refractivity contribution is -0.384. The van der Waals surface area contributed by atoms with Crippen LogP contribution < -0.4 is 4.90 Å². The number of carbonyl (C=O) groups excluding carboxylic acids is 1. The first-order valence-electron chi connectivity index (χ1n) is 5.90. The van der Waals surface area contributed by atoms with Gasteiger partial charge in [0.1, 0.15) is 0 Å². The quantitative estimate of drug-likeness (QED) is 0.634. The number of carbonyl (C=O) groups is 1. The van der Waals surface area contributed by atoms with Gasteiger partial charge >= 0.3 is 6.18 Å². The van der Waals surface area contributed by atoms with Gasteiger partial charge in [-0.25, -0.2) is 0 Å². The number of rotatable bonds is 3. The average Bonchev–Trinajstić information content (AvgIpc) is 2.69. The normalized spacial score (nSPS) is 19.4. The fourth-order valence-electron chi connectivity index (χ4n) is 2.24. The van der Waals surface area contributed by atoms with E-state index in [2.05, 4.69) is 0 Å². The van der Waals surface area contributed by atoms with Crippen LogP contribution in [0.2, 0.25) is 0 Å². The van der Waals surface area contributed by atoms with E-state index in [0.717, 1.165) is 0 Å². The number of nitro groups is 1. The van der Waals surface area contributed by atoms with Crippen LogP contribution in [0.5, 0.6) is 0 Å². The largest absolute Gasteiger partial charge is 0.389 e. The lowest BCUT2D eigenvalue weighted by Crippen LogP contribution is -2.29. The van der Waals surface area contributed by atoms with E-state index in [0.29, 0.717) is 0 Å². The maximum Gasteiger partial charge on any atom is 0.389 e. The van der Waals surface area contributed by atoms with E-state index < -0.39 is 29.3 Å². The predicted octanol–water partition coefficient (Wildman–Crippen LogP) is 2.90. The molecular weight excluding hydrogens is 277 g/mol. The maximum absolute atomic E-state index is 12.3. The number of halogens is 3. The van der Waals surface area contributed by atoms with E-state index in [1.165, 1.54) is 29.2 Å². The highest BCUT2D eigenvalue weighted by Gasteiger charge is 2.41. The Bertz CT molecular complexity index is 545. The van der Waals surface area contributed by atoms with Gasteiger partial charge in [0.15, 0.2) is 0 Å². The van der Waals surface area contributed by atoms with E-state index in [1.54, 1.807) is 0 Å². The van der Waals surface area contributed by atoms with Gasteiger partial charge in [-0.2, -0.15) is 13.2 Å². The molecule has 0 N–H and O–H groups in total. The van der Waals surface area contributed by atoms with Crippen LogP contribution in [0.25, 0.3) is 0 Å². The van der Waals surface area contributed by atoms with E-state index in [1.807, 2.05) is 0 Å². The zero-order chi connectivity index (χ0) is 14.9. The molecule has 1 aliphatic rings. The third-order valence-corrected chi connectivity index (χ3v) is 3.15. The summed E-state index contributed by atoms with van der Waals surface area (Å²) in [5.74, 6) is -1.74. The summed E-state index contributed by atoms with van der Waals surface area (Å²) in [5, 5.41) is 10.7. The molecule has 2 rings (SSSR count). The van der Waals surface area contributed by atoms with Gasteiger partial charge in [-0.1, -0.05) is 6.07 Å². The van der Waals surface area contributed by atoms with Crippen LogP contribution in [0.1, 0.15) is 12.8 Å². The molecule has 108 valence electrons. The van der Waals surface area contributed by atoms with Gasteiger partial charge in [0.2, 0.25) is 5.91 Å². The number of hydrogen-bond donors (Lipinski definition) is 0. The molecule has 1 heterocycles. The molecule has 0 radical (unpaired) electrons. The summed E-state index contributed by atoms with van der Waals surface area (Å²) in [6.07, 6.45) is -5.45. The second-order valence-corrected chi connectivity index (χ2v) is 4.57. The van der Waals surface area contributed by atoms with Gasteiger partial charge in [-0.05, 0) is 12.5 Å². The van der Waals surface area contributed by atoms with Crippen molar-refractivity contribution in [1.82, 2.24) is 0 Å². The second kappa shape index (κ2) is 5.10. The first-order valence-corrected chi connectivity index (χ1v) is 5.90. The highest BCUT2D eigenvalue weighted by molar-refractivity contribution is 5.97. The van der Waals surface area contributed by atoms with Crippen LogP contribution in [-0.2, 0) is 4.79 Å². The minimum Gasteiger partial charge on any atom is -0.312 e. The summed E-state index contributed by atoms with van der Waals surface area (Å²) in [7, 11) is 0. The number of alkyl halides is 3. The molecule has 0 saturated carbocycles. The number of non-ortho nitro benzene ring substituents is 1. The van der Waals surface area contributed by atoms with Crippen molar-refractivity contribution in [1.29, 1.82) is 0 Å². The number of nitrogens with zero attached hydrogens (tertiary/aromatic N) is 2. The minimum absolute atomic E-state index is 0.0982. The molecule has 1 aromatic carbocycles. The highest BCUT2D eigenvalue weighted by Crippen LogP contribution is 2.34. The zero-order valence-corrected chi connectivity index (χ0v) is 10.3. The summed E-state index contributed by atoms with van der Waals surface area (Å²) < 4.78 is 37.0. The Morgan fingerprint density at radius 3 is 2.70 bits per heavy atom. The van der Waals surface area contributed by atoms with Crippen molar-refractivity contribution in [3.05, 3.63) is 34.4 Å². The van der Waals surface area contributed by atoms with Gasteiger partial charge in [0, 0.05) is 24.6 Å². The van der Waals surface area contributed by atoms with Crippen molar-refractivity contribution < 1.29 is 22.9 Å². The summed E-state index contributed by atoms with van der Waals surface area (Å²) >= 11 is 0. The summed E-state index contributed by atoms with van der Waals surface area (Å²) in [6, 6.07) is 5.32. The molecule has 1 amide bonds. The van der Waals surface area contributed by atoms with E-state index in [-0.39, 0.29) is 24.3 Å². The molecule has 0 bridgehead atoms. The molecule has 5 nitrogen and oxygen atoms in total. The molecule has 1 aromatic rings. The summed E-state index contributed by atoms with van der Waals surface area (Å²) in [6.45, 7) is 0.140. The maximum atomic E-state index is 12.3. The molecule has 20 heavy (non-hydrogen) atoms. The van der Waals surface area contributed by atoms with Crippen molar-refractivity contribution in [2.24, 2.45) is 5.92 Å². The fourth-order valence-corrected chi connectivity index (χ4v) is 2.24. The summed E-state index contributed by atoms with van der Waals surface area (Å²) in [4.78, 5) is 23.1. The van der Waals surface area contributed by atoms with Gasteiger partial charge < -0.3 is 4.90 Å². The van der Waals surface area contributed by atoms with Crippen molar-refractivity contribution in [3.63, 3.8) is 0 Å². The Balaban J connectivity index is 2.17. The topological polar surface area (TPSA) is 63.5 Å². The first kappa shape index (κ1) is 14.3. The number of benzene rings is 1. The van der Waals surface area contributed by atoms with Gasteiger partial charge in [0.05, 0.1) is 17.0 Å². The van der Waals surface area contributed by atoms with Crippen LogP contribution in [0.4, 0.5) is 24.5 Å². The Kier molecular flexibility index (Phi) is 3.65. The lowest BCUT2D eigenvalue weighted by atomic mass is 10.0. The predicted molar refractivity (Wildman–Crippen MR) is 64.2 cm³/mol. The molecule has 1 saturated heterocycles. The van der Waals surface area contributed by atoms with Gasteiger partial charge in [-0.3, -0.25) is 14.9 Å². The average molecular weight is 288 g/mol. The Morgan fingerprint density at radius 1 is 1.40 bits per heavy atom. The number of amides is 1. The molecule has 0 aliphatic carbocycles. The lowest BCUT2D eigenvalue weighted by Gasteiger charge is -2.17. The van der Waals surface area contributed by atoms with Crippen LogP contribution in [0, 0.1) is 16.0 Å². The highest BCUT2D eigenvalue weighted by atomic mass is 19.4. The van der Waals surface area contributed by atoms with Gasteiger partial charge in [0.25, 0.3) is 5.69 Å². The van der Waals surface area contributed by atoms with Gasteiger partial charge in [-0.15, -0.1) is 0 Å². The standard InChI is InChI=1S/C12H11F3N2O3/c13-12(14,15)7-8-4-5-16(11(8)18)9-2-1-3-10(6-9)17(19)20/h1-3,6,8H,4-5,7H2/t8-/m0/s1. The van der Waals surface area contributed by atoms with E-state index >= 15 is 0 Å². The molecule has 8 heteroatoms. The van der Waals surface area contributed by atoms with Crippen molar-refractivity contribution in [2.45, 2.75) is 19.0 Å². The third kappa shape index (κ3) is 3.06. The van der Waals surface area contributed by atoms with Crippen molar-refractivity contribution in [2.75, 3.05) is 11.4 Å². The van der Waals surface area contributed by atoms with E-state index in [4.69, 9.17) is 0 Å². The second-order valence-electron chi connectivity index (χ2n) is 4.57. The summed E-state index contributed by atoms with van der Waals surface area (Å²) in [5.41, 5.74) is 0.0587. The van der Waals surface area contributed by atoms with Crippen LogP contribution in [0.15, 0.2) is 24.3 Å². The molecule has 0 spiro atoms. The van der Waals surface area contributed by atoms with Crippen molar-refractivity contribution >= 4 is 17.3 Å². The number of hydrogen-bond acceptors (Lipinski definition) is 3. The van der Waals surface area contributed by atoms with Crippen LogP contribution in [0.3, 0.4) is 0 Å². The molecule has 0 aromatic heterocycles. The monoisotopic (exact) mass is 288 g/mol. The smallest absolute Gasteiger partial charge is 0.312 e.